The summed E-state index contributed by atoms with van der Waals surface area (Å²) in [5.74, 6) is -0.428. The van der Waals surface area contributed by atoms with Crippen molar-refractivity contribution < 1.29 is 13.6 Å². The number of benzene rings is 2. The fraction of sp³-hybridized carbons (Fsp3) is 0.174. The number of aliphatic imine (C=N–C) groups is 1. The van der Waals surface area contributed by atoms with E-state index in [2.05, 4.69) is 15.0 Å². The Morgan fingerprint density at radius 1 is 1.03 bits per heavy atom. The molecule has 1 aliphatic rings. The van der Waals surface area contributed by atoms with Crippen LogP contribution in [0.3, 0.4) is 0 Å². The molecule has 4 aromatic rings. The quantitative estimate of drug-likeness (QED) is 0.484. The predicted octanol–water partition coefficient (Wildman–Crippen LogP) is 2.84. The summed E-state index contributed by atoms with van der Waals surface area (Å²) in [7, 11) is 0. The van der Waals surface area contributed by atoms with Gasteiger partial charge in [-0.2, -0.15) is 4.99 Å². The van der Waals surface area contributed by atoms with Gasteiger partial charge in [-0.25, -0.2) is 14.8 Å². The van der Waals surface area contributed by atoms with Crippen molar-refractivity contribution in [2.75, 3.05) is 0 Å². The normalized spacial score (nSPS) is 12.7. The van der Waals surface area contributed by atoms with Crippen molar-refractivity contribution in [2.24, 2.45) is 15.0 Å². The van der Waals surface area contributed by atoms with Gasteiger partial charge in [-0.15, -0.1) is 0 Å². The van der Waals surface area contributed by atoms with E-state index in [1.165, 1.54) is 0 Å². The fourth-order valence-electron chi connectivity index (χ4n) is 3.92. The van der Waals surface area contributed by atoms with Crippen molar-refractivity contribution in [1.82, 2.24) is 0 Å². The van der Waals surface area contributed by atoms with Gasteiger partial charge in [0.05, 0.1) is 34.3 Å². The van der Waals surface area contributed by atoms with Gasteiger partial charge < -0.3 is 8.83 Å². The Kier molecular flexibility index (Phi) is 3.99. The summed E-state index contributed by atoms with van der Waals surface area (Å²) in [6.07, 6.45) is 1.48. The molecule has 0 unspecified atom stereocenters. The van der Waals surface area contributed by atoms with Crippen molar-refractivity contribution >= 4 is 33.8 Å². The van der Waals surface area contributed by atoms with E-state index < -0.39 is 11.5 Å². The van der Waals surface area contributed by atoms with E-state index in [-0.39, 0.29) is 17.9 Å². The largest absolute Gasteiger partial charge is 0.463 e. The Balaban J connectivity index is 1.59. The number of nitrogens with zero attached hydrogens (tertiary/aromatic N) is 3. The van der Waals surface area contributed by atoms with Gasteiger partial charge in [-0.05, 0) is 55.7 Å². The Hall–Kier alpha value is -3.87. The van der Waals surface area contributed by atoms with Gasteiger partial charge in [-0.3, -0.25) is 4.79 Å². The van der Waals surface area contributed by atoms with Crippen LogP contribution in [0, 0.1) is 20.8 Å². The maximum Gasteiger partial charge on any atom is 0.340 e. The van der Waals surface area contributed by atoms with Crippen LogP contribution in [-0.2, 0) is 11.2 Å². The maximum absolute atomic E-state index is 12.6. The van der Waals surface area contributed by atoms with E-state index in [1.54, 1.807) is 25.3 Å². The minimum Gasteiger partial charge on any atom is -0.463 e. The van der Waals surface area contributed by atoms with Crippen LogP contribution >= 0.6 is 0 Å². The van der Waals surface area contributed by atoms with E-state index >= 15 is 0 Å². The third-order valence-corrected chi connectivity index (χ3v) is 5.34. The number of hydrogen-bond acceptors (Lipinski definition) is 4. The molecular weight excluding hydrogens is 382 g/mol. The first-order valence-corrected chi connectivity index (χ1v) is 9.50. The second kappa shape index (κ2) is 6.59. The maximum atomic E-state index is 12.6. The van der Waals surface area contributed by atoms with E-state index in [0.29, 0.717) is 32.8 Å². The molecule has 5 rings (SSSR count). The first-order chi connectivity index (χ1) is 14.4. The summed E-state index contributed by atoms with van der Waals surface area (Å²) in [5, 5.41) is 3.01. The van der Waals surface area contributed by atoms with Crippen molar-refractivity contribution in [3.63, 3.8) is 0 Å². The molecular formula is C23H17N3O4. The van der Waals surface area contributed by atoms with Crippen LogP contribution in [0.15, 0.2) is 65.2 Å². The Morgan fingerprint density at radius 2 is 1.73 bits per heavy atom. The first kappa shape index (κ1) is 18.2. The highest BCUT2D eigenvalue weighted by molar-refractivity contribution is 6.07. The third kappa shape index (κ3) is 2.78. The van der Waals surface area contributed by atoms with E-state index in [0.717, 1.165) is 16.5 Å². The number of carbonyl (C=O) groups excluding carboxylic acids is 1. The summed E-state index contributed by atoms with van der Waals surface area (Å²) in [6.45, 7) is 5.70. The van der Waals surface area contributed by atoms with Gasteiger partial charge in [0.15, 0.2) is 0 Å². The lowest BCUT2D eigenvalue weighted by molar-refractivity contribution is -0.117. The molecule has 0 saturated heterocycles. The number of furan rings is 1. The average Bonchev–Trinajstić information content (AvgIpc) is 3.28. The first-order valence-electron chi connectivity index (χ1n) is 9.50. The van der Waals surface area contributed by atoms with E-state index in [1.807, 2.05) is 32.0 Å². The molecule has 0 bridgehead atoms. The van der Waals surface area contributed by atoms with Crippen LogP contribution in [-0.4, -0.2) is 11.9 Å². The molecule has 30 heavy (non-hydrogen) atoms. The smallest absolute Gasteiger partial charge is 0.340 e. The van der Waals surface area contributed by atoms with Crippen LogP contribution in [0.2, 0.25) is 0 Å². The number of amides is 1. The summed E-state index contributed by atoms with van der Waals surface area (Å²) in [5.41, 5.74) is 3.41. The molecule has 7 heteroatoms. The van der Waals surface area contributed by atoms with Crippen LogP contribution in [0.5, 0.6) is 0 Å². The van der Waals surface area contributed by atoms with E-state index in [4.69, 9.17) is 8.83 Å². The second-order valence-electron chi connectivity index (χ2n) is 7.38. The molecule has 1 amide bonds. The van der Waals surface area contributed by atoms with Crippen LogP contribution < -0.4 is 16.3 Å². The Labute approximate surface area is 170 Å². The highest BCUT2D eigenvalue weighted by Crippen LogP contribution is 2.34. The zero-order chi connectivity index (χ0) is 21.0. The topological polar surface area (TPSA) is 97.5 Å². The molecule has 2 aromatic heterocycles. The Bertz CT molecular complexity index is 1550. The molecule has 1 aliphatic heterocycles. The molecule has 0 radical (unpaired) electrons. The zero-order valence-electron chi connectivity index (χ0n) is 16.6. The van der Waals surface area contributed by atoms with E-state index in [9.17, 15) is 9.59 Å². The monoisotopic (exact) mass is 399 g/mol. The minimum atomic E-state index is -0.556. The highest BCUT2D eigenvalue weighted by Gasteiger charge is 2.20. The third-order valence-electron chi connectivity index (χ3n) is 5.34. The lowest BCUT2D eigenvalue weighted by Crippen LogP contribution is -2.19. The van der Waals surface area contributed by atoms with Crippen LogP contribution in [0.4, 0.5) is 0 Å². The van der Waals surface area contributed by atoms with Gasteiger partial charge in [0.1, 0.15) is 11.2 Å². The zero-order valence-corrected chi connectivity index (χ0v) is 16.6. The molecule has 0 atom stereocenters. The van der Waals surface area contributed by atoms with Crippen molar-refractivity contribution in [3.05, 3.63) is 80.0 Å². The van der Waals surface area contributed by atoms with Crippen LogP contribution in [0.25, 0.3) is 21.9 Å². The minimum absolute atomic E-state index is 0.0868. The van der Waals surface area contributed by atoms with Gasteiger partial charge in [0.25, 0.3) is 11.9 Å². The number of rotatable bonds is 2. The molecule has 7 nitrogen and oxygen atoms in total. The summed E-state index contributed by atoms with van der Waals surface area (Å²) in [6, 6.07) is 9.10. The summed E-state index contributed by atoms with van der Waals surface area (Å²) >= 11 is 0. The second-order valence-corrected chi connectivity index (χ2v) is 7.38. The van der Waals surface area contributed by atoms with Gasteiger partial charge >= 0.3 is 5.63 Å². The summed E-state index contributed by atoms with van der Waals surface area (Å²) < 4.78 is 11.3. The van der Waals surface area contributed by atoms with Crippen molar-refractivity contribution in [1.29, 1.82) is 0 Å². The molecule has 2 aromatic carbocycles. The number of guanidine groups is 1. The van der Waals surface area contributed by atoms with Crippen molar-refractivity contribution in [2.45, 2.75) is 27.2 Å². The van der Waals surface area contributed by atoms with Crippen molar-refractivity contribution in [3.8, 4) is 0 Å². The number of carbonyl (C=O) groups is 1. The number of para-hydroxylation sites is 2. The lowest BCUT2D eigenvalue weighted by atomic mass is 9.99. The number of aryl methyl sites for hydroxylation is 3. The van der Waals surface area contributed by atoms with Gasteiger partial charge in [0.2, 0.25) is 0 Å². The standard InChI is InChI=1S/C23H17N3O4/c1-11-8-17-20(21-19(11)12(2)10-29-21)13(3)14(22(28)30-17)9-18(27)26-23-24-15-6-4-5-7-16(15)25-23/h4-8,10H,9H2,1-3H3. The number of hydrogen-bond donors (Lipinski definition) is 0. The predicted molar refractivity (Wildman–Crippen MR) is 111 cm³/mol. The molecule has 0 aliphatic carbocycles. The fourth-order valence-corrected chi connectivity index (χ4v) is 3.92. The van der Waals surface area contributed by atoms with Crippen LogP contribution in [0.1, 0.15) is 22.3 Å². The van der Waals surface area contributed by atoms with Gasteiger partial charge in [-0.1, -0.05) is 12.1 Å². The Morgan fingerprint density at radius 3 is 2.43 bits per heavy atom. The average molecular weight is 399 g/mol. The molecule has 0 saturated carbocycles. The molecule has 0 fully saturated rings. The van der Waals surface area contributed by atoms with Gasteiger partial charge in [0, 0.05) is 5.39 Å². The highest BCUT2D eigenvalue weighted by atomic mass is 16.4. The molecule has 0 N–H and O–H groups in total. The summed E-state index contributed by atoms with van der Waals surface area (Å²) in [4.78, 5) is 37.6. The molecule has 0 spiro atoms. The number of fused-ring (bicyclic) bond motifs is 4. The molecule has 148 valence electrons. The molecule has 3 heterocycles. The lowest BCUT2D eigenvalue weighted by Gasteiger charge is -2.08. The SMILES string of the molecule is Cc1coc2c1c(C)cc1oc(=O)c(CC(=O)N=C3N=c4ccccc4=N3)c(C)c12.